The van der Waals surface area contributed by atoms with Crippen LogP contribution in [0.25, 0.3) is 0 Å². The fourth-order valence-electron chi connectivity index (χ4n) is 1.54. The van der Waals surface area contributed by atoms with Crippen molar-refractivity contribution in [1.82, 2.24) is 5.32 Å². The quantitative estimate of drug-likeness (QED) is 0.870. The third-order valence-electron chi connectivity index (χ3n) is 2.51. The molecule has 1 amide bonds. The summed E-state index contributed by atoms with van der Waals surface area (Å²) in [5, 5.41) is 11.4. The predicted octanol–water partition coefficient (Wildman–Crippen LogP) is 2.57. The highest BCUT2D eigenvalue weighted by Crippen LogP contribution is 2.07. The first-order valence-electron chi connectivity index (χ1n) is 5.90. The van der Waals surface area contributed by atoms with Gasteiger partial charge in [-0.3, -0.25) is 4.79 Å². The van der Waals surface area contributed by atoms with Crippen molar-refractivity contribution in [3.05, 3.63) is 35.6 Å². The van der Waals surface area contributed by atoms with Crippen LogP contribution in [0.4, 0.5) is 4.39 Å². The molecule has 1 aromatic carbocycles. The Labute approximate surface area is 107 Å². The Morgan fingerprint density at radius 3 is 2.56 bits per heavy atom. The minimum Gasteiger partial charge on any atom is -0.338 e. The zero-order chi connectivity index (χ0) is 13.6. The number of carbonyl (C=O) groups is 1. The van der Waals surface area contributed by atoms with Crippen molar-refractivity contribution in [2.75, 3.05) is 0 Å². The van der Waals surface area contributed by atoms with Gasteiger partial charge in [0.25, 0.3) is 0 Å². The Kier molecular flexibility index (Phi) is 4.85. The van der Waals surface area contributed by atoms with Crippen LogP contribution in [-0.2, 0) is 11.2 Å². The summed E-state index contributed by atoms with van der Waals surface area (Å²) < 4.78 is 12.7. The predicted molar refractivity (Wildman–Crippen MR) is 67.2 cm³/mol. The first-order valence-corrected chi connectivity index (χ1v) is 5.90. The zero-order valence-corrected chi connectivity index (χ0v) is 10.7. The summed E-state index contributed by atoms with van der Waals surface area (Å²) in [6, 6.07) is 8.26. The smallest absolute Gasteiger partial charge is 0.221 e. The summed E-state index contributed by atoms with van der Waals surface area (Å²) in [7, 11) is 0. The molecule has 0 saturated heterocycles. The van der Waals surface area contributed by atoms with Gasteiger partial charge in [0.1, 0.15) is 11.4 Å². The average Bonchev–Trinajstić information content (AvgIpc) is 2.31. The van der Waals surface area contributed by atoms with Crippen molar-refractivity contribution in [3.63, 3.8) is 0 Å². The number of amides is 1. The fraction of sp³-hybridized carbons (Fsp3) is 0.429. The molecule has 3 nitrogen and oxygen atoms in total. The Bertz CT molecular complexity index is 446. The van der Waals surface area contributed by atoms with Gasteiger partial charge in [0.2, 0.25) is 5.91 Å². The molecule has 0 radical (unpaired) electrons. The highest BCUT2D eigenvalue weighted by molar-refractivity contribution is 5.77. The number of nitriles is 1. The summed E-state index contributed by atoms with van der Waals surface area (Å²) in [5.41, 5.74) is 0.177. The minimum absolute atomic E-state index is 0.135. The maximum absolute atomic E-state index is 12.7. The molecule has 0 spiro atoms. The molecule has 0 aliphatic heterocycles. The molecule has 1 rings (SSSR count). The minimum atomic E-state index is -0.826. The lowest BCUT2D eigenvalue weighted by Crippen LogP contribution is -2.41. The lowest BCUT2D eigenvalue weighted by molar-refractivity contribution is -0.122. The number of hydrogen-bond acceptors (Lipinski definition) is 2. The number of aryl methyl sites for hydroxylation is 1. The second-order valence-electron chi connectivity index (χ2n) is 4.76. The van der Waals surface area contributed by atoms with Gasteiger partial charge in [-0.15, -0.1) is 0 Å². The van der Waals surface area contributed by atoms with E-state index in [9.17, 15) is 9.18 Å². The normalized spacial score (nSPS) is 10.8. The Morgan fingerprint density at radius 1 is 1.39 bits per heavy atom. The maximum Gasteiger partial charge on any atom is 0.221 e. The van der Waals surface area contributed by atoms with Crippen LogP contribution in [0.5, 0.6) is 0 Å². The SMILES string of the molecule is CC(C)(C#N)NC(=O)CCCc1ccc(F)cc1. The average molecular weight is 248 g/mol. The summed E-state index contributed by atoms with van der Waals surface area (Å²) in [4.78, 5) is 11.5. The zero-order valence-electron chi connectivity index (χ0n) is 10.7. The van der Waals surface area contributed by atoms with Gasteiger partial charge >= 0.3 is 0 Å². The van der Waals surface area contributed by atoms with Crippen LogP contribution in [0.15, 0.2) is 24.3 Å². The summed E-state index contributed by atoms with van der Waals surface area (Å²) in [6.07, 6.45) is 1.77. The number of nitrogens with one attached hydrogen (secondary N) is 1. The van der Waals surface area contributed by atoms with E-state index < -0.39 is 5.54 Å². The second kappa shape index (κ2) is 6.15. The van der Waals surface area contributed by atoms with Gasteiger partial charge in [0.05, 0.1) is 6.07 Å². The van der Waals surface area contributed by atoms with E-state index in [1.165, 1.54) is 12.1 Å². The molecule has 1 N–H and O–H groups in total. The van der Waals surface area contributed by atoms with Crippen molar-refractivity contribution in [2.45, 2.75) is 38.6 Å². The fourth-order valence-corrected chi connectivity index (χ4v) is 1.54. The summed E-state index contributed by atoms with van der Waals surface area (Å²) in [6.45, 7) is 3.32. The number of halogens is 1. The third-order valence-corrected chi connectivity index (χ3v) is 2.51. The molecule has 0 bridgehead atoms. The number of benzene rings is 1. The van der Waals surface area contributed by atoms with E-state index in [0.29, 0.717) is 12.8 Å². The molecular formula is C14H17FN2O. The van der Waals surface area contributed by atoms with Gasteiger partial charge in [-0.2, -0.15) is 5.26 Å². The van der Waals surface area contributed by atoms with Crippen molar-refractivity contribution in [1.29, 1.82) is 5.26 Å². The molecule has 0 heterocycles. The molecule has 0 aromatic heterocycles. The molecule has 0 aliphatic carbocycles. The third kappa shape index (κ3) is 4.96. The van der Waals surface area contributed by atoms with E-state index >= 15 is 0 Å². The van der Waals surface area contributed by atoms with E-state index in [1.807, 2.05) is 6.07 Å². The van der Waals surface area contributed by atoms with Crippen LogP contribution in [0.3, 0.4) is 0 Å². The molecule has 0 saturated carbocycles. The van der Waals surface area contributed by atoms with Crippen LogP contribution in [0.1, 0.15) is 32.3 Å². The monoisotopic (exact) mass is 248 g/mol. The molecule has 1 aromatic rings. The number of rotatable bonds is 5. The Morgan fingerprint density at radius 2 is 2.00 bits per heavy atom. The molecule has 4 heteroatoms. The lowest BCUT2D eigenvalue weighted by Gasteiger charge is -2.17. The van der Waals surface area contributed by atoms with Crippen LogP contribution in [0.2, 0.25) is 0 Å². The Balaban J connectivity index is 2.32. The lowest BCUT2D eigenvalue weighted by atomic mass is 10.1. The van der Waals surface area contributed by atoms with Crippen LogP contribution in [0, 0.1) is 17.1 Å². The topological polar surface area (TPSA) is 52.9 Å². The van der Waals surface area contributed by atoms with Crippen molar-refractivity contribution >= 4 is 5.91 Å². The molecule has 0 fully saturated rings. The first-order chi connectivity index (χ1) is 8.43. The second-order valence-corrected chi connectivity index (χ2v) is 4.76. The van der Waals surface area contributed by atoms with Crippen molar-refractivity contribution < 1.29 is 9.18 Å². The molecule has 18 heavy (non-hydrogen) atoms. The van der Waals surface area contributed by atoms with Gasteiger partial charge in [-0.05, 0) is 44.4 Å². The van der Waals surface area contributed by atoms with E-state index in [4.69, 9.17) is 5.26 Å². The molecular weight excluding hydrogens is 231 g/mol. The summed E-state index contributed by atoms with van der Waals surface area (Å²) in [5.74, 6) is -0.393. The van der Waals surface area contributed by atoms with E-state index in [0.717, 1.165) is 12.0 Å². The van der Waals surface area contributed by atoms with Gasteiger partial charge in [0, 0.05) is 6.42 Å². The maximum atomic E-state index is 12.7. The molecule has 96 valence electrons. The Hall–Kier alpha value is -1.89. The van der Waals surface area contributed by atoms with Crippen molar-refractivity contribution in [3.8, 4) is 6.07 Å². The molecule has 0 aliphatic rings. The van der Waals surface area contributed by atoms with Gasteiger partial charge < -0.3 is 5.32 Å². The number of hydrogen-bond donors (Lipinski definition) is 1. The number of nitrogens with zero attached hydrogens (tertiary/aromatic N) is 1. The highest BCUT2D eigenvalue weighted by Gasteiger charge is 2.18. The standard InChI is InChI=1S/C14H17FN2O/c1-14(2,10-16)17-13(18)5-3-4-11-6-8-12(15)9-7-11/h6-9H,3-5H2,1-2H3,(H,17,18). The highest BCUT2D eigenvalue weighted by atomic mass is 19.1. The molecule has 0 unspecified atom stereocenters. The van der Waals surface area contributed by atoms with Crippen LogP contribution >= 0.6 is 0 Å². The van der Waals surface area contributed by atoms with Crippen LogP contribution in [-0.4, -0.2) is 11.4 Å². The van der Waals surface area contributed by atoms with Crippen molar-refractivity contribution in [2.24, 2.45) is 0 Å². The largest absolute Gasteiger partial charge is 0.338 e. The summed E-state index contributed by atoms with van der Waals surface area (Å²) >= 11 is 0. The van der Waals surface area contributed by atoms with E-state index in [2.05, 4.69) is 5.32 Å². The van der Waals surface area contributed by atoms with E-state index in [-0.39, 0.29) is 11.7 Å². The van der Waals surface area contributed by atoms with E-state index in [1.54, 1.807) is 26.0 Å². The molecule has 0 atom stereocenters. The van der Waals surface area contributed by atoms with Gasteiger partial charge in [0.15, 0.2) is 0 Å². The van der Waals surface area contributed by atoms with Gasteiger partial charge in [-0.1, -0.05) is 12.1 Å². The number of carbonyl (C=O) groups excluding carboxylic acids is 1. The van der Waals surface area contributed by atoms with Gasteiger partial charge in [-0.25, -0.2) is 4.39 Å². The first kappa shape index (κ1) is 14.2. The van der Waals surface area contributed by atoms with Crippen LogP contribution < -0.4 is 5.32 Å².